The highest BCUT2D eigenvalue weighted by atomic mass is 16.7. The molecule has 0 aromatic heterocycles. The van der Waals surface area contributed by atoms with E-state index >= 15 is 0 Å². The molecule has 2 aromatic rings. The van der Waals surface area contributed by atoms with Gasteiger partial charge in [-0.1, -0.05) is 25.3 Å². The van der Waals surface area contributed by atoms with Crippen molar-refractivity contribution in [2.75, 3.05) is 49.3 Å². The summed E-state index contributed by atoms with van der Waals surface area (Å²) in [5, 5.41) is 10.4. The van der Waals surface area contributed by atoms with E-state index in [1.165, 1.54) is 28.0 Å². The van der Waals surface area contributed by atoms with Crippen molar-refractivity contribution in [3.8, 4) is 5.75 Å². The van der Waals surface area contributed by atoms with Gasteiger partial charge in [0.05, 0.1) is 34.6 Å². The number of phenolic OH excluding ortho intramolecular Hbond substituents is 1. The van der Waals surface area contributed by atoms with Crippen molar-refractivity contribution >= 4 is 35.4 Å². The maximum absolute atomic E-state index is 13.6. The SMILES string of the molecule is C=CCOC(=O)N1c2cc(C)c(C)cc2C(=O)N2CCCC[C@H]2C1OC1CCCCO1.C=CCOC(=O)N1c2cc(O)c(C)cc2C(=O)N2CCCC[C@H]2C1OC1CCCCO1. The first-order valence-electron chi connectivity index (χ1n) is 22.3. The van der Waals surface area contributed by atoms with Gasteiger partial charge in [0.15, 0.2) is 25.0 Å². The molecule has 15 nitrogen and oxygen atoms in total. The number of aromatic hydroxyl groups is 1. The highest BCUT2D eigenvalue weighted by Crippen LogP contribution is 2.41. The summed E-state index contributed by atoms with van der Waals surface area (Å²) in [5.74, 6) is -0.222. The Morgan fingerprint density at radius 1 is 0.645 bits per heavy atom. The van der Waals surface area contributed by atoms with Crippen LogP contribution in [-0.2, 0) is 28.4 Å². The normalized spacial score (nSPS) is 26.0. The molecule has 15 heteroatoms. The fourth-order valence-electron chi connectivity index (χ4n) is 9.22. The highest BCUT2D eigenvalue weighted by Gasteiger charge is 2.48. The molecular formula is C47H62N4O11. The predicted molar refractivity (Wildman–Crippen MR) is 231 cm³/mol. The molecule has 2 aromatic carbocycles. The second kappa shape index (κ2) is 20.5. The Balaban J connectivity index is 0.000000186. The summed E-state index contributed by atoms with van der Waals surface area (Å²) in [7, 11) is 0. The van der Waals surface area contributed by atoms with Gasteiger partial charge < -0.3 is 43.3 Å². The minimum absolute atomic E-state index is 0.000564. The van der Waals surface area contributed by atoms with Gasteiger partial charge in [0, 0.05) is 32.4 Å². The fraction of sp³-hybridized carbons (Fsp3) is 0.574. The van der Waals surface area contributed by atoms with Crippen molar-refractivity contribution in [2.24, 2.45) is 0 Å². The van der Waals surface area contributed by atoms with Gasteiger partial charge in [-0.05, 0) is 133 Å². The van der Waals surface area contributed by atoms with Gasteiger partial charge >= 0.3 is 12.2 Å². The molecule has 6 atom stereocenters. The topological polar surface area (TPSA) is 157 Å². The average Bonchev–Trinajstić information content (AvgIpc) is 3.44. The van der Waals surface area contributed by atoms with E-state index in [0.29, 0.717) is 55.1 Å². The van der Waals surface area contributed by atoms with Crippen LogP contribution in [0.1, 0.15) is 114 Å². The number of phenols is 1. The summed E-state index contributed by atoms with van der Waals surface area (Å²) < 4.78 is 35.3. The molecule has 4 amide bonds. The number of anilines is 2. The van der Waals surface area contributed by atoms with Gasteiger partial charge in [-0.3, -0.25) is 9.59 Å². The van der Waals surface area contributed by atoms with E-state index in [-0.39, 0.29) is 48.5 Å². The first kappa shape index (κ1) is 45.1. The molecule has 62 heavy (non-hydrogen) atoms. The summed E-state index contributed by atoms with van der Waals surface area (Å²) >= 11 is 0. The maximum atomic E-state index is 13.6. The van der Waals surface area contributed by atoms with Gasteiger partial charge in [0.25, 0.3) is 11.8 Å². The highest BCUT2D eigenvalue weighted by molar-refractivity contribution is 6.06. The molecule has 0 spiro atoms. The first-order valence-corrected chi connectivity index (χ1v) is 22.3. The molecule has 1 N–H and O–H groups in total. The van der Waals surface area contributed by atoms with Crippen LogP contribution in [0.2, 0.25) is 0 Å². The number of piperidine rings is 2. The zero-order valence-electron chi connectivity index (χ0n) is 36.4. The van der Waals surface area contributed by atoms with Crippen molar-refractivity contribution in [3.63, 3.8) is 0 Å². The van der Waals surface area contributed by atoms with Crippen molar-refractivity contribution in [1.29, 1.82) is 0 Å². The third kappa shape index (κ3) is 9.65. The largest absolute Gasteiger partial charge is 0.508 e. The summed E-state index contributed by atoms with van der Waals surface area (Å²) in [5.41, 5.74) is 4.27. The van der Waals surface area contributed by atoms with Gasteiger partial charge in [-0.2, -0.15) is 0 Å². The van der Waals surface area contributed by atoms with Gasteiger partial charge in [-0.25, -0.2) is 19.4 Å². The smallest absolute Gasteiger partial charge is 0.416 e. The second-order valence-corrected chi connectivity index (χ2v) is 16.8. The molecule has 336 valence electrons. The van der Waals surface area contributed by atoms with E-state index in [1.54, 1.807) is 17.9 Å². The molecule has 0 saturated carbocycles. The van der Waals surface area contributed by atoms with Crippen LogP contribution in [-0.4, -0.2) is 116 Å². The van der Waals surface area contributed by atoms with E-state index in [4.69, 9.17) is 28.4 Å². The molecule has 4 saturated heterocycles. The number of hydrogen-bond acceptors (Lipinski definition) is 11. The number of benzene rings is 2. The molecule has 6 aliphatic heterocycles. The standard InChI is InChI=1S/C24H32N2O5.C23H30N2O6/c1-4-12-30-24(28)26-20-15-17(3)16(2)14-18(20)22(27)25-11-7-5-9-19(25)23(26)31-21-10-6-8-13-29-21;1-3-11-30-23(28)25-18-14-19(26)15(2)13-16(18)21(27)24-10-6-4-8-17(24)22(25)31-20-9-5-7-12-29-20/h4,14-15,19,21,23H,1,5-13H2,2-3H3;3,13-14,17,20,22,26H,1,4-12H2,2H3/t19-,21?,23?;17-,20?,22?/m00/s1. The van der Waals surface area contributed by atoms with E-state index in [9.17, 15) is 24.3 Å². The zero-order chi connectivity index (χ0) is 43.9. The third-order valence-corrected chi connectivity index (χ3v) is 12.6. The molecule has 4 fully saturated rings. The van der Waals surface area contributed by atoms with Gasteiger partial charge in [0.2, 0.25) is 0 Å². The van der Waals surface area contributed by atoms with Crippen molar-refractivity contribution < 1.29 is 52.7 Å². The Hall–Kier alpha value is -4.96. The Bertz CT molecular complexity index is 1840. The monoisotopic (exact) mass is 858 g/mol. The predicted octanol–water partition coefficient (Wildman–Crippen LogP) is 8.02. The van der Waals surface area contributed by atoms with E-state index in [2.05, 4.69) is 13.2 Å². The lowest BCUT2D eigenvalue weighted by Crippen LogP contribution is -2.57. The van der Waals surface area contributed by atoms with Crippen LogP contribution in [0.5, 0.6) is 5.75 Å². The van der Waals surface area contributed by atoms with Crippen molar-refractivity contribution in [2.45, 2.75) is 135 Å². The van der Waals surface area contributed by atoms with E-state index in [0.717, 1.165) is 81.8 Å². The van der Waals surface area contributed by atoms with Crippen molar-refractivity contribution in [1.82, 2.24) is 9.80 Å². The van der Waals surface area contributed by atoms with Crippen LogP contribution in [0, 0.1) is 20.8 Å². The molecule has 0 aliphatic carbocycles. The summed E-state index contributed by atoms with van der Waals surface area (Å²) in [4.78, 5) is 60.2. The van der Waals surface area contributed by atoms with E-state index < -0.39 is 37.2 Å². The molecule has 6 heterocycles. The quantitative estimate of drug-likeness (QED) is 0.257. The van der Waals surface area contributed by atoms with Crippen LogP contribution in [0.25, 0.3) is 0 Å². The minimum Gasteiger partial charge on any atom is -0.508 e. The van der Waals surface area contributed by atoms with Crippen LogP contribution < -0.4 is 9.80 Å². The molecule has 4 unspecified atom stereocenters. The van der Waals surface area contributed by atoms with Crippen LogP contribution in [0.4, 0.5) is 21.0 Å². The third-order valence-electron chi connectivity index (χ3n) is 12.6. The lowest BCUT2D eigenvalue weighted by Gasteiger charge is -2.42. The second-order valence-electron chi connectivity index (χ2n) is 16.8. The number of fused-ring (bicyclic) bond motifs is 4. The number of carbonyl (C=O) groups excluding carboxylic acids is 4. The Labute approximate surface area is 364 Å². The first-order chi connectivity index (χ1) is 30.0. The lowest BCUT2D eigenvalue weighted by molar-refractivity contribution is -0.199. The van der Waals surface area contributed by atoms with Gasteiger partial charge in [-0.15, -0.1) is 0 Å². The lowest BCUT2D eigenvalue weighted by atomic mass is 9.99. The van der Waals surface area contributed by atoms with E-state index in [1.807, 2.05) is 30.9 Å². The summed E-state index contributed by atoms with van der Waals surface area (Å²) in [6, 6.07) is 6.27. The van der Waals surface area contributed by atoms with Gasteiger partial charge in [0.1, 0.15) is 19.0 Å². The number of aryl methyl sites for hydroxylation is 3. The molecule has 8 rings (SSSR count). The number of ether oxygens (including phenoxy) is 6. The number of carbonyl (C=O) groups is 4. The Morgan fingerprint density at radius 2 is 1.08 bits per heavy atom. The van der Waals surface area contributed by atoms with Crippen LogP contribution >= 0.6 is 0 Å². The molecule has 6 aliphatic rings. The van der Waals surface area contributed by atoms with Crippen LogP contribution in [0.15, 0.2) is 49.6 Å². The van der Waals surface area contributed by atoms with Crippen LogP contribution in [0.3, 0.4) is 0 Å². The Morgan fingerprint density at radius 3 is 1.53 bits per heavy atom. The summed E-state index contributed by atoms with van der Waals surface area (Å²) in [6.07, 6.45) is 10.2. The van der Waals surface area contributed by atoms with Crippen molar-refractivity contribution in [3.05, 3.63) is 77.4 Å². The number of rotatable bonds is 8. The zero-order valence-corrected chi connectivity index (χ0v) is 36.4. The maximum Gasteiger partial charge on any atom is 0.416 e. The number of amides is 4. The summed E-state index contributed by atoms with van der Waals surface area (Å²) in [6.45, 7) is 15.5. The fourth-order valence-corrected chi connectivity index (χ4v) is 9.22. The number of hydrogen-bond donors (Lipinski definition) is 1. The number of nitrogens with zero attached hydrogens (tertiary/aromatic N) is 4. The molecule has 0 radical (unpaired) electrons. The molecular weight excluding hydrogens is 797 g/mol. The molecule has 0 bridgehead atoms. The average molecular weight is 859 g/mol. The minimum atomic E-state index is -0.784. The Kier molecular flexibility index (Phi) is 14.9.